The van der Waals surface area contributed by atoms with Crippen molar-refractivity contribution in [3.8, 4) is 5.75 Å². The van der Waals surface area contributed by atoms with Crippen molar-refractivity contribution < 1.29 is 4.74 Å². The fraction of sp³-hybridized carbons (Fsp3) is 0.538. The Morgan fingerprint density at radius 1 is 1.31 bits per heavy atom. The average molecular weight is 253 g/mol. The lowest BCUT2D eigenvalue weighted by Crippen LogP contribution is -2.42. The van der Waals surface area contributed by atoms with E-state index in [1.165, 1.54) is 0 Å². The molecule has 0 spiro atoms. The second-order valence-electron chi connectivity index (χ2n) is 5.68. The molecule has 0 bridgehead atoms. The van der Waals surface area contributed by atoms with E-state index in [0.717, 1.165) is 17.5 Å². The van der Waals surface area contributed by atoms with E-state index in [2.05, 4.69) is 45.3 Å². The summed E-state index contributed by atoms with van der Waals surface area (Å²) in [7, 11) is -1.15. The van der Waals surface area contributed by atoms with E-state index in [9.17, 15) is 0 Å². The summed E-state index contributed by atoms with van der Waals surface area (Å²) in [6.07, 6.45) is 0. The van der Waals surface area contributed by atoms with Crippen LogP contribution in [-0.4, -0.2) is 19.4 Å². The van der Waals surface area contributed by atoms with E-state index in [1.54, 1.807) is 0 Å². The topological polar surface area (TPSA) is 9.23 Å². The smallest absolute Gasteiger partial charge is 0.120 e. The molecular weight excluding hydrogens is 232 g/mol. The van der Waals surface area contributed by atoms with Crippen molar-refractivity contribution in [3.05, 3.63) is 30.3 Å². The van der Waals surface area contributed by atoms with Gasteiger partial charge in [0, 0.05) is 13.8 Å². The van der Waals surface area contributed by atoms with Gasteiger partial charge < -0.3 is 4.74 Å². The largest absolute Gasteiger partial charge is 0.487 e. The normalized spacial score (nSPS) is 15.6. The summed E-state index contributed by atoms with van der Waals surface area (Å²) in [5, 5.41) is 0. The molecule has 1 aromatic rings. The highest BCUT2D eigenvalue weighted by Crippen LogP contribution is 2.27. The van der Waals surface area contributed by atoms with Crippen molar-refractivity contribution in [1.29, 1.82) is 0 Å². The maximum atomic E-state index is 6.07. The Bertz CT molecular complexity index is 320. The van der Waals surface area contributed by atoms with Gasteiger partial charge in [0.1, 0.15) is 11.4 Å². The van der Waals surface area contributed by atoms with Crippen LogP contribution in [0.15, 0.2) is 24.3 Å². The number of hydrogen-bond donors (Lipinski definition) is 1. The lowest BCUT2D eigenvalue weighted by Gasteiger charge is -2.34. The van der Waals surface area contributed by atoms with Crippen LogP contribution in [0.25, 0.3) is 0 Å². The first-order valence-electron chi connectivity index (χ1n) is 5.61. The molecule has 16 heavy (non-hydrogen) atoms. The highest BCUT2D eigenvalue weighted by molar-refractivity contribution is 7.80. The van der Waals surface area contributed by atoms with Gasteiger partial charge in [0.15, 0.2) is 0 Å². The van der Waals surface area contributed by atoms with Crippen molar-refractivity contribution in [2.75, 3.05) is 5.75 Å². The van der Waals surface area contributed by atoms with Gasteiger partial charge in [-0.25, -0.2) is 0 Å². The minimum atomic E-state index is -1.15. The van der Waals surface area contributed by atoms with E-state index in [4.69, 9.17) is 4.74 Å². The fourth-order valence-corrected chi connectivity index (χ4v) is 4.80. The summed E-state index contributed by atoms with van der Waals surface area (Å²) < 4.78 is 6.07. The van der Waals surface area contributed by atoms with Gasteiger partial charge in [0.2, 0.25) is 0 Å². The van der Waals surface area contributed by atoms with Crippen LogP contribution in [0.2, 0.25) is 25.7 Å². The number of benzene rings is 1. The molecule has 0 aliphatic rings. The van der Waals surface area contributed by atoms with Crippen LogP contribution in [0.1, 0.15) is 6.92 Å². The van der Waals surface area contributed by atoms with Crippen molar-refractivity contribution in [3.63, 3.8) is 0 Å². The molecule has 0 aromatic heterocycles. The van der Waals surface area contributed by atoms with Crippen molar-refractivity contribution in [2.24, 2.45) is 0 Å². The van der Waals surface area contributed by atoms with Gasteiger partial charge in [-0.1, -0.05) is 31.8 Å². The Kier molecular flexibility index (Phi) is 4.50. The molecule has 0 N–H and O–H groups in total. The van der Waals surface area contributed by atoms with Crippen LogP contribution in [0, 0.1) is 6.07 Å². The quantitative estimate of drug-likeness (QED) is 0.619. The van der Waals surface area contributed by atoms with Gasteiger partial charge in [-0.15, -0.1) is 0 Å². The van der Waals surface area contributed by atoms with Crippen molar-refractivity contribution >= 4 is 20.7 Å². The molecule has 1 unspecified atom stereocenters. The second kappa shape index (κ2) is 5.28. The standard InChI is InChI=1S/C13H21OSSi/c1-13(10-15,11-16(2,3)4)14-12-8-6-5-7-9-12/h6-9,15H,10-11H2,1-4H3. The Morgan fingerprint density at radius 2 is 1.88 bits per heavy atom. The monoisotopic (exact) mass is 253 g/mol. The van der Waals surface area contributed by atoms with Gasteiger partial charge in [-0.05, 0) is 31.2 Å². The predicted molar refractivity (Wildman–Crippen MR) is 76.3 cm³/mol. The second-order valence-corrected chi connectivity index (χ2v) is 11.5. The third-order valence-electron chi connectivity index (χ3n) is 2.29. The predicted octanol–water partition coefficient (Wildman–Crippen LogP) is 3.89. The zero-order valence-electron chi connectivity index (χ0n) is 10.6. The van der Waals surface area contributed by atoms with Crippen LogP contribution in [0.3, 0.4) is 0 Å². The Hall–Kier alpha value is -0.413. The maximum Gasteiger partial charge on any atom is 0.120 e. The number of rotatable bonds is 5. The molecule has 0 fully saturated rings. The SMILES string of the molecule is CC(CS)(C[Si](C)(C)C)Oc1cc[c]cc1. The summed E-state index contributed by atoms with van der Waals surface area (Å²) in [6.45, 7) is 9.22. The van der Waals surface area contributed by atoms with Crippen LogP contribution in [0.4, 0.5) is 0 Å². The molecule has 0 amide bonds. The van der Waals surface area contributed by atoms with Crippen LogP contribution >= 0.6 is 12.6 Å². The molecule has 1 atom stereocenters. The molecule has 0 aliphatic carbocycles. The third kappa shape index (κ3) is 4.62. The maximum absolute atomic E-state index is 6.07. The molecule has 3 heteroatoms. The van der Waals surface area contributed by atoms with E-state index in [0.29, 0.717) is 0 Å². The summed E-state index contributed by atoms with van der Waals surface area (Å²) in [4.78, 5) is 0. The Labute approximate surface area is 106 Å². The summed E-state index contributed by atoms with van der Waals surface area (Å²) in [6, 6.07) is 11.8. The lowest BCUT2D eigenvalue weighted by molar-refractivity contribution is 0.134. The van der Waals surface area contributed by atoms with Gasteiger partial charge in [-0.2, -0.15) is 12.6 Å². The molecule has 1 nitrogen and oxygen atoms in total. The molecule has 89 valence electrons. The first-order valence-corrected chi connectivity index (χ1v) is 9.95. The van der Waals surface area contributed by atoms with Gasteiger partial charge in [-0.3, -0.25) is 0 Å². The average Bonchev–Trinajstić information content (AvgIpc) is 2.16. The summed E-state index contributed by atoms with van der Waals surface area (Å²) in [5.41, 5.74) is -0.158. The van der Waals surface area contributed by atoms with Gasteiger partial charge in [0.05, 0.1) is 0 Å². The lowest BCUT2D eigenvalue weighted by atomic mass is 10.2. The van der Waals surface area contributed by atoms with Crippen LogP contribution in [0.5, 0.6) is 5.75 Å². The summed E-state index contributed by atoms with van der Waals surface area (Å²) >= 11 is 4.43. The van der Waals surface area contributed by atoms with Crippen molar-refractivity contribution in [1.82, 2.24) is 0 Å². The molecule has 1 aromatic carbocycles. The minimum absolute atomic E-state index is 0.158. The molecule has 0 saturated carbocycles. The van der Waals surface area contributed by atoms with E-state index in [1.807, 2.05) is 24.3 Å². The number of thiol groups is 1. The van der Waals surface area contributed by atoms with Crippen LogP contribution in [-0.2, 0) is 0 Å². The van der Waals surface area contributed by atoms with Crippen LogP contribution < -0.4 is 4.74 Å². The summed E-state index contributed by atoms with van der Waals surface area (Å²) in [5.74, 6) is 1.66. The van der Waals surface area contributed by atoms with Gasteiger partial charge >= 0.3 is 0 Å². The van der Waals surface area contributed by atoms with E-state index >= 15 is 0 Å². The first-order chi connectivity index (χ1) is 7.35. The van der Waals surface area contributed by atoms with E-state index < -0.39 is 8.07 Å². The molecule has 1 radical (unpaired) electrons. The highest BCUT2D eigenvalue weighted by Gasteiger charge is 2.31. The minimum Gasteiger partial charge on any atom is -0.487 e. The fourth-order valence-electron chi connectivity index (χ4n) is 1.97. The Balaban J connectivity index is 2.74. The molecule has 1 rings (SSSR count). The third-order valence-corrected chi connectivity index (χ3v) is 4.77. The molecular formula is C13H21OSSi. The zero-order valence-corrected chi connectivity index (χ0v) is 12.5. The number of hydrogen-bond acceptors (Lipinski definition) is 2. The Morgan fingerprint density at radius 3 is 2.31 bits per heavy atom. The van der Waals surface area contributed by atoms with Gasteiger partial charge in [0.25, 0.3) is 0 Å². The highest BCUT2D eigenvalue weighted by atomic mass is 32.1. The molecule has 0 aliphatic heterocycles. The first kappa shape index (κ1) is 13.7. The van der Waals surface area contributed by atoms with E-state index in [-0.39, 0.29) is 5.60 Å². The zero-order chi connectivity index (χ0) is 12.2. The molecule has 0 heterocycles. The van der Waals surface area contributed by atoms with Crippen molar-refractivity contribution in [2.45, 2.75) is 38.2 Å². The number of ether oxygens (including phenoxy) is 1. The molecule has 0 saturated heterocycles.